The average molecular weight is 242 g/mol. The van der Waals surface area contributed by atoms with Gasteiger partial charge in [-0.2, -0.15) is 0 Å². The van der Waals surface area contributed by atoms with E-state index in [1.165, 1.54) is 6.07 Å². The number of nitrogens with two attached hydrogens (primary N) is 1. The predicted octanol–water partition coefficient (Wildman–Crippen LogP) is 2.04. The van der Waals surface area contributed by atoms with Crippen molar-refractivity contribution in [3.05, 3.63) is 35.4 Å². The van der Waals surface area contributed by atoms with Crippen LogP contribution in [0.3, 0.4) is 0 Å². The van der Waals surface area contributed by atoms with Crippen molar-refractivity contribution in [1.29, 1.82) is 0 Å². The number of halogens is 2. The van der Waals surface area contributed by atoms with Crippen LogP contribution in [0.4, 0.5) is 8.78 Å². The molecular formula is C12H16F2N2O. The summed E-state index contributed by atoms with van der Waals surface area (Å²) in [6.45, 7) is 0. The van der Waals surface area contributed by atoms with Crippen LogP contribution < -0.4 is 11.3 Å². The van der Waals surface area contributed by atoms with Gasteiger partial charge in [0.05, 0.1) is 11.6 Å². The van der Waals surface area contributed by atoms with E-state index in [2.05, 4.69) is 5.43 Å². The highest BCUT2D eigenvalue weighted by Crippen LogP contribution is 2.45. The van der Waals surface area contributed by atoms with Crippen molar-refractivity contribution in [3.8, 4) is 0 Å². The highest BCUT2D eigenvalue weighted by atomic mass is 19.1. The summed E-state index contributed by atoms with van der Waals surface area (Å²) in [5.74, 6) is 4.52. The summed E-state index contributed by atoms with van der Waals surface area (Å²) in [6, 6.07) is 2.83. The van der Waals surface area contributed by atoms with E-state index in [0.717, 1.165) is 31.4 Å². The van der Waals surface area contributed by atoms with Gasteiger partial charge < -0.3 is 4.74 Å². The minimum Gasteiger partial charge on any atom is -0.376 e. The summed E-state index contributed by atoms with van der Waals surface area (Å²) in [4.78, 5) is 0. The van der Waals surface area contributed by atoms with Gasteiger partial charge in [0.2, 0.25) is 0 Å². The standard InChI is InChI=1S/C12H16F2N2O/c1-17-12(5-2-6-12)11(16-15)9-7-8(13)3-4-10(9)14/h3-4,7,11,16H,2,5-6,15H2,1H3. The summed E-state index contributed by atoms with van der Waals surface area (Å²) in [5.41, 5.74) is 2.24. The number of hydrazine groups is 1. The third-order valence-electron chi connectivity index (χ3n) is 3.57. The monoisotopic (exact) mass is 242 g/mol. The molecule has 0 amide bonds. The summed E-state index contributed by atoms with van der Waals surface area (Å²) < 4.78 is 32.3. The molecule has 1 aromatic rings. The number of rotatable bonds is 4. The molecule has 1 atom stereocenters. The van der Waals surface area contributed by atoms with Crippen LogP contribution in [0.5, 0.6) is 0 Å². The molecule has 94 valence electrons. The van der Waals surface area contributed by atoms with E-state index in [1.807, 2.05) is 0 Å². The van der Waals surface area contributed by atoms with Crippen LogP contribution in [-0.2, 0) is 4.74 Å². The quantitative estimate of drug-likeness (QED) is 0.627. The second-order valence-corrected chi connectivity index (χ2v) is 4.39. The van der Waals surface area contributed by atoms with Crippen LogP contribution in [0.25, 0.3) is 0 Å². The molecule has 0 bridgehead atoms. The van der Waals surface area contributed by atoms with Gasteiger partial charge in [0.25, 0.3) is 0 Å². The van der Waals surface area contributed by atoms with Crippen molar-refractivity contribution in [3.63, 3.8) is 0 Å². The van der Waals surface area contributed by atoms with Crippen molar-refractivity contribution in [1.82, 2.24) is 5.43 Å². The fourth-order valence-electron chi connectivity index (χ4n) is 2.40. The Balaban J connectivity index is 2.37. The summed E-state index contributed by atoms with van der Waals surface area (Å²) >= 11 is 0. The van der Waals surface area contributed by atoms with Crippen molar-refractivity contribution in [2.24, 2.45) is 5.84 Å². The molecule has 0 heterocycles. The Kier molecular flexibility index (Phi) is 3.42. The Labute approximate surface area is 98.9 Å². The Bertz CT molecular complexity index is 402. The fraction of sp³-hybridized carbons (Fsp3) is 0.500. The molecule has 1 aromatic carbocycles. The normalized spacial score (nSPS) is 19.8. The minimum absolute atomic E-state index is 0.217. The number of hydrogen-bond donors (Lipinski definition) is 2. The van der Waals surface area contributed by atoms with Crippen LogP contribution in [0, 0.1) is 11.6 Å². The van der Waals surface area contributed by atoms with Gasteiger partial charge in [-0.1, -0.05) is 0 Å². The zero-order chi connectivity index (χ0) is 12.5. The predicted molar refractivity (Wildman–Crippen MR) is 60.0 cm³/mol. The first kappa shape index (κ1) is 12.4. The van der Waals surface area contributed by atoms with Gasteiger partial charge in [0.15, 0.2) is 0 Å². The van der Waals surface area contributed by atoms with Crippen molar-refractivity contribution >= 4 is 0 Å². The number of hydrogen-bond acceptors (Lipinski definition) is 3. The van der Waals surface area contributed by atoms with Crippen molar-refractivity contribution < 1.29 is 13.5 Å². The number of methoxy groups -OCH3 is 1. The van der Waals surface area contributed by atoms with Gasteiger partial charge in [-0.3, -0.25) is 5.84 Å². The fourth-order valence-corrected chi connectivity index (χ4v) is 2.40. The van der Waals surface area contributed by atoms with Gasteiger partial charge in [-0.05, 0) is 37.5 Å². The van der Waals surface area contributed by atoms with E-state index in [-0.39, 0.29) is 5.56 Å². The molecule has 1 aliphatic rings. The third kappa shape index (κ3) is 2.06. The summed E-state index contributed by atoms with van der Waals surface area (Å²) in [7, 11) is 1.57. The lowest BCUT2D eigenvalue weighted by Crippen LogP contribution is -2.52. The summed E-state index contributed by atoms with van der Waals surface area (Å²) in [6.07, 6.45) is 2.57. The maximum Gasteiger partial charge on any atom is 0.128 e. The molecule has 1 fully saturated rings. The highest BCUT2D eigenvalue weighted by Gasteiger charge is 2.45. The summed E-state index contributed by atoms with van der Waals surface area (Å²) in [5, 5.41) is 0. The number of ether oxygens (including phenoxy) is 1. The SMILES string of the molecule is COC1(C(NN)c2cc(F)ccc2F)CCC1. The minimum atomic E-state index is -0.531. The van der Waals surface area contributed by atoms with Crippen LogP contribution >= 0.6 is 0 Å². The highest BCUT2D eigenvalue weighted by molar-refractivity contribution is 5.26. The first-order chi connectivity index (χ1) is 8.13. The third-order valence-corrected chi connectivity index (χ3v) is 3.57. The van der Waals surface area contributed by atoms with Gasteiger partial charge in [0.1, 0.15) is 11.6 Å². The molecular weight excluding hydrogens is 226 g/mol. The lowest BCUT2D eigenvalue weighted by Gasteiger charge is -2.46. The molecule has 0 spiro atoms. The molecule has 2 rings (SSSR count). The Hall–Kier alpha value is -1.04. The van der Waals surface area contributed by atoms with E-state index in [0.29, 0.717) is 0 Å². The zero-order valence-corrected chi connectivity index (χ0v) is 9.67. The molecule has 0 aliphatic heterocycles. The van der Waals surface area contributed by atoms with Crippen LogP contribution in [0.15, 0.2) is 18.2 Å². The molecule has 0 radical (unpaired) electrons. The van der Waals surface area contributed by atoms with E-state index in [9.17, 15) is 8.78 Å². The molecule has 1 unspecified atom stereocenters. The molecule has 3 nitrogen and oxygen atoms in total. The van der Waals surface area contributed by atoms with Gasteiger partial charge in [-0.25, -0.2) is 14.2 Å². The molecule has 17 heavy (non-hydrogen) atoms. The van der Waals surface area contributed by atoms with E-state index in [4.69, 9.17) is 10.6 Å². The van der Waals surface area contributed by atoms with Crippen molar-refractivity contribution in [2.45, 2.75) is 30.9 Å². The van der Waals surface area contributed by atoms with Gasteiger partial charge in [0, 0.05) is 12.7 Å². The topological polar surface area (TPSA) is 47.3 Å². The second kappa shape index (κ2) is 4.68. The van der Waals surface area contributed by atoms with Crippen LogP contribution in [0.1, 0.15) is 30.9 Å². The Morgan fingerprint density at radius 1 is 1.41 bits per heavy atom. The lowest BCUT2D eigenvalue weighted by molar-refractivity contribution is -0.101. The molecule has 1 saturated carbocycles. The number of nitrogens with one attached hydrogen (secondary N) is 1. The largest absolute Gasteiger partial charge is 0.376 e. The van der Waals surface area contributed by atoms with Crippen LogP contribution in [-0.4, -0.2) is 12.7 Å². The molecule has 1 aliphatic carbocycles. The molecule has 0 saturated heterocycles. The maximum atomic E-state index is 13.7. The molecule has 0 aromatic heterocycles. The van der Waals surface area contributed by atoms with Crippen molar-refractivity contribution in [2.75, 3.05) is 7.11 Å². The van der Waals surface area contributed by atoms with Gasteiger partial charge in [-0.15, -0.1) is 0 Å². The molecule has 3 N–H and O–H groups in total. The second-order valence-electron chi connectivity index (χ2n) is 4.39. The maximum absolute atomic E-state index is 13.7. The van der Waals surface area contributed by atoms with Crippen LogP contribution in [0.2, 0.25) is 0 Å². The molecule has 5 heteroatoms. The zero-order valence-electron chi connectivity index (χ0n) is 9.67. The smallest absolute Gasteiger partial charge is 0.128 e. The van der Waals surface area contributed by atoms with Gasteiger partial charge >= 0.3 is 0 Å². The average Bonchev–Trinajstić information content (AvgIpc) is 2.27. The van der Waals surface area contributed by atoms with E-state index < -0.39 is 23.3 Å². The number of benzene rings is 1. The van der Waals surface area contributed by atoms with E-state index in [1.54, 1.807) is 7.11 Å². The first-order valence-corrected chi connectivity index (χ1v) is 5.59. The first-order valence-electron chi connectivity index (χ1n) is 5.59. The Morgan fingerprint density at radius 3 is 2.59 bits per heavy atom. The lowest BCUT2D eigenvalue weighted by atomic mass is 9.72. The van der Waals surface area contributed by atoms with E-state index >= 15 is 0 Å². The Morgan fingerprint density at radius 2 is 2.12 bits per heavy atom.